The van der Waals surface area contributed by atoms with E-state index < -0.39 is 20.5 Å². The molecule has 7 nitrogen and oxygen atoms in total. The Morgan fingerprint density at radius 1 is 1.15 bits per heavy atom. The Balaban J connectivity index is 1.60. The molecule has 3 aromatic rings. The van der Waals surface area contributed by atoms with Crippen LogP contribution in [-0.4, -0.2) is 30.3 Å². The fraction of sp³-hybridized carbons (Fsp3) is 0.385. The maximum atomic E-state index is 13.1. The van der Waals surface area contributed by atoms with Gasteiger partial charge in [0.05, 0.1) is 17.7 Å². The van der Waals surface area contributed by atoms with Crippen LogP contribution < -0.4 is 10.2 Å². The van der Waals surface area contributed by atoms with Crippen molar-refractivity contribution in [3.8, 4) is 5.75 Å². The molecule has 2 aromatic carbocycles. The van der Waals surface area contributed by atoms with Crippen LogP contribution in [-0.2, 0) is 26.0 Å². The molecule has 0 radical (unpaired) electrons. The van der Waals surface area contributed by atoms with Crippen molar-refractivity contribution in [2.24, 2.45) is 0 Å². The molecule has 1 aliphatic heterocycles. The van der Waals surface area contributed by atoms with Crippen molar-refractivity contribution in [3.63, 3.8) is 0 Å². The first-order valence-corrected chi connectivity index (χ1v) is 13.2. The van der Waals surface area contributed by atoms with Crippen molar-refractivity contribution >= 4 is 26.6 Å². The number of ether oxygens (including phenoxy) is 1. The number of fused-ring (bicyclic) bond motifs is 1. The smallest absolute Gasteiger partial charge is 0.245 e. The van der Waals surface area contributed by atoms with Crippen molar-refractivity contribution in [1.29, 1.82) is 0 Å². The third-order valence-corrected chi connectivity index (χ3v) is 9.20. The Morgan fingerprint density at radius 2 is 1.88 bits per heavy atom. The number of nitrogens with one attached hydrogen (secondary N) is 1. The Hall–Kier alpha value is -2.97. The largest absolute Gasteiger partial charge is 0.489 e. The minimum atomic E-state index is -3.57. The second-order valence-electron chi connectivity index (χ2n) is 9.17. The zero-order valence-electron chi connectivity index (χ0n) is 19.5. The van der Waals surface area contributed by atoms with E-state index in [1.54, 1.807) is 29.7 Å². The first kappa shape index (κ1) is 24.2. The van der Waals surface area contributed by atoms with Gasteiger partial charge >= 0.3 is 0 Å². The number of hydrogen-bond donors (Lipinski definition) is 2. The van der Waals surface area contributed by atoms with E-state index in [9.17, 15) is 13.2 Å². The van der Waals surface area contributed by atoms with E-state index in [0.717, 1.165) is 22.2 Å². The van der Waals surface area contributed by atoms with Crippen LogP contribution in [0.2, 0.25) is 0 Å². The minimum Gasteiger partial charge on any atom is -0.489 e. The number of hydrogen-bond acceptors (Lipinski definition) is 6. The van der Waals surface area contributed by atoms with Gasteiger partial charge in [0.1, 0.15) is 17.1 Å². The fourth-order valence-corrected chi connectivity index (χ4v) is 6.95. The first-order valence-electron chi connectivity index (χ1n) is 11.5. The number of para-hydroxylation sites is 1. The molecule has 8 heteroatoms. The lowest BCUT2D eigenvalue weighted by atomic mass is 9.88. The van der Waals surface area contributed by atoms with Crippen LogP contribution in [0.25, 0.3) is 10.9 Å². The summed E-state index contributed by atoms with van der Waals surface area (Å²) in [7, 11) is -3.57. The van der Waals surface area contributed by atoms with E-state index in [1.807, 2.05) is 24.3 Å². The van der Waals surface area contributed by atoms with E-state index in [1.165, 1.54) is 0 Å². The second-order valence-corrected chi connectivity index (χ2v) is 11.6. The van der Waals surface area contributed by atoms with Crippen molar-refractivity contribution in [2.45, 2.75) is 56.8 Å². The average Bonchev–Trinajstić information content (AvgIpc) is 2.83. The minimum absolute atomic E-state index is 0.0251. The van der Waals surface area contributed by atoms with Gasteiger partial charge in [-0.3, -0.25) is 15.0 Å². The van der Waals surface area contributed by atoms with Gasteiger partial charge in [-0.15, -0.1) is 0 Å². The average molecular weight is 483 g/mol. The van der Waals surface area contributed by atoms with Gasteiger partial charge in [0.2, 0.25) is 5.91 Å². The predicted octanol–water partition coefficient (Wildman–Crippen LogP) is 4.63. The molecule has 1 saturated heterocycles. The Morgan fingerprint density at radius 3 is 2.56 bits per heavy atom. The van der Waals surface area contributed by atoms with Crippen molar-refractivity contribution in [2.75, 3.05) is 5.75 Å². The van der Waals surface area contributed by atoms with Crippen LogP contribution >= 0.6 is 0 Å². The number of carbonyl (C=O) groups excluding carboxylic acids is 1. The normalized spacial score (nSPS) is 19.8. The molecular weight excluding hydrogens is 452 g/mol. The summed E-state index contributed by atoms with van der Waals surface area (Å²) in [4.78, 5) is 16.7. The molecule has 1 atom stereocenters. The van der Waals surface area contributed by atoms with Gasteiger partial charge in [0.25, 0.3) is 0 Å². The van der Waals surface area contributed by atoms with Gasteiger partial charge in [0, 0.05) is 16.6 Å². The highest BCUT2D eigenvalue weighted by Crippen LogP contribution is 2.43. The van der Waals surface area contributed by atoms with Crippen molar-refractivity contribution in [1.82, 2.24) is 10.5 Å². The third kappa shape index (κ3) is 4.65. The molecule has 2 N–H and O–H groups in total. The SMILES string of the molecule is CC(C)c1cc(COc2ccc(C3(CC(=O)NO)CCCCS3(=O)=O)cc2)c2ccccc2n1. The quantitative estimate of drug-likeness (QED) is 0.376. The summed E-state index contributed by atoms with van der Waals surface area (Å²) in [5.74, 6) is 0.200. The van der Waals surface area contributed by atoms with Crippen LogP contribution in [0.15, 0.2) is 54.6 Å². The lowest BCUT2D eigenvalue weighted by Gasteiger charge is -2.36. The monoisotopic (exact) mass is 482 g/mol. The summed E-state index contributed by atoms with van der Waals surface area (Å²) >= 11 is 0. The maximum Gasteiger partial charge on any atom is 0.245 e. The third-order valence-electron chi connectivity index (χ3n) is 6.60. The van der Waals surface area contributed by atoms with Crippen LogP contribution in [0.3, 0.4) is 0 Å². The predicted molar refractivity (Wildman–Crippen MR) is 130 cm³/mol. The number of amides is 1. The van der Waals surface area contributed by atoms with Crippen LogP contribution in [0.4, 0.5) is 0 Å². The zero-order valence-corrected chi connectivity index (χ0v) is 20.3. The van der Waals surface area contributed by atoms with E-state index >= 15 is 0 Å². The summed E-state index contributed by atoms with van der Waals surface area (Å²) in [6.45, 7) is 4.55. The lowest BCUT2D eigenvalue weighted by Crippen LogP contribution is -2.44. The first-order chi connectivity index (χ1) is 16.3. The Kier molecular flexibility index (Phi) is 6.91. The number of pyridine rings is 1. The summed E-state index contributed by atoms with van der Waals surface area (Å²) in [5.41, 5.74) is 5.09. The topological polar surface area (TPSA) is 106 Å². The molecule has 1 fully saturated rings. The molecule has 4 rings (SSSR count). The maximum absolute atomic E-state index is 13.1. The fourth-order valence-electron chi connectivity index (χ4n) is 4.68. The summed E-state index contributed by atoms with van der Waals surface area (Å²) in [6, 6.07) is 16.9. The molecule has 1 amide bonds. The summed E-state index contributed by atoms with van der Waals surface area (Å²) in [5, 5.41) is 10.1. The number of carbonyl (C=O) groups is 1. The molecule has 2 heterocycles. The molecule has 0 bridgehead atoms. The van der Waals surface area contributed by atoms with E-state index in [-0.39, 0.29) is 18.1 Å². The van der Waals surface area contributed by atoms with E-state index in [2.05, 4.69) is 19.9 Å². The number of sulfone groups is 1. The number of benzene rings is 2. The molecule has 0 spiro atoms. The van der Waals surface area contributed by atoms with Gasteiger partial charge in [0.15, 0.2) is 9.84 Å². The molecule has 1 unspecified atom stereocenters. The van der Waals surface area contributed by atoms with Gasteiger partial charge in [-0.25, -0.2) is 13.9 Å². The highest BCUT2D eigenvalue weighted by atomic mass is 32.2. The number of rotatable bonds is 7. The van der Waals surface area contributed by atoms with Crippen molar-refractivity contribution < 1.29 is 23.2 Å². The molecular formula is C26H30N2O5S. The Bertz CT molecular complexity index is 1290. The second kappa shape index (κ2) is 9.72. The summed E-state index contributed by atoms with van der Waals surface area (Å²) in [6.07, 6.45) is 1.30. The molecule has 0 saturated carbocycles. The van der Waals surface area contributed by atoms with Gasteiger partial charge in [-0.05, 0) is 48.6 Å². The highest BCUT2D eigenvalue weighted by Gasteiger charge is 2.48. The van der Waals surface area contributed by atoms with Gasteiger partial charge in [-0.2, -0.15) is 0 Å². The summed E-state index contributed by atoms with van der Waals surface area (Å²) < 4.78 is 30.9. The number of aromatic nitrogens is 1. The van der Waals surface area contributed by atoms with E-state index in [4.69, 9.17) is 14.9 Å². The standard InChI is InChI=1S/C26H30N2O5S/c1-18(2)24-15-19(22-7-3-4-8-23(22)27-24)17-33-21-11-9-20(10-12-21)26(16-25(29)28-30)13-5-6-14-34(26,31)32/h3-4,7-12,15,18,30H,5-6,13-14,16-17H2,1-2H3,(H,28,29). The Labute approximate surface area is 200 Å². The molecule has 34 heavy (non-hydrogen) atoms. The molecule has 1 aromatic heterocycles. The zero-order chi connectivity index (χ0) is 24.3. The molecule has 0 aliphatic carbocycles. The number of nitrogens with zero attached hydrogens (tertiary/aromatic N) is 1. The number of hydroxylamine groups is 1. The van der Waals surface area contributed by atoms with Crippen molar-refractivity contribution in [3.05, 3.63) is 71.4 Å². The van der Waals surface area contributed by atoms with E-state index in [0.29, 0.717) is 37.2 Å². The van der Waals surface area contributed by atoms with Gasteiger partial charge in [-0.1, -0.05) is 50.6 Å². The van der Waals surface area contributed by atoms with Crippen LogP contribution in [0, 0.1) is 0 Å². The molecule has 1 aliphatic rings. The lowest BCUT2D eigenvalue weighted by molar-refractivity contribution is -0.130. The van der Waals surface area contributed by atoms with Crippen LogP contribution in [0.5, 0.6) is 5.75 Å². The molecule has 180 valence electrons. The van der Waals surface area contributed by atoms with Crippen LogP contribution in [0.1, 0.15) is 62.3 Å². The van der Waals surface area contributed by atoms with Gasteiger partial charge < -0.3 is 4.74 Å². The highest BCUT2D eigenvalue weighted by molar-refractivity contribution is 7.92.